The molecule has 4 nitrogen and oxygen atoms in total. The molecule has 0 saturated carbocycles. The van der Waals surface area contributed by atoms with Gasteiger partial charge in [0.05, 0.1) is 17.6 Å². The molecular formula is C21H13F3N4S. The van der Waals surface area contributed by atoms with E-state index in [0.717, 1.165) is 12.1 Å². The molecule has 0 radical (unpaired) electrons. The molecule has 2 aromatic carbocycles. The van der Waals surface area contributed by atoms with E-state index in [2.05, 4.69) is 15.1 Å². The Labute approximate surface area is 168 Å². The average molecular weight is 410 g/mol. The molecule has 0 bridgehead atoms. The van der Waals surface area contributed by atoms with Gasteiger partial charge < -0.3 is 0 Å². The molecule has 0 fully saturated rings. The molecule has 0 saturated heterocycles. The van der Waals surface area contributed by atoms with Crippen LogP contribution in [0, 0.1) is 17.5 Å². The maximum absolute atomic E-state index is 14.1. The number of aromatic nitrogens is 2. The highest BCUT2D eigenvalue weighted by atomic mass is 32.1. The second-order valence-corrected chi connectivity index (χ2v) is 6.77. The smallest absolute Gasteiger partial charge is 0.211 e. The van der Waals surface area contributed by atoms with Crippen LogP contribution in [0.2, 0.25) is 0 Å². The second kappa shape index (κ2) is 8.24. The summed E-state index contributed by atoms with van der Waals surface area (Å²) in [6.07, 6.45) is 3.18. The Morgan fingerprint density at radius 3 is 2.45 bits per heavy atom. The molecule has 0 N–H and O–H groups in total. The maximum atomic E-state index is 14.1. The molecular weight excluding hydrogens is 397 g/mol. The fraction of sp³-hybridized carbons (Fsp3) is 0. The fourth-order valence-corrected chi connectivity index (χ4v) is 3.40. The first kappa shape index (κ1) is 18.8. The Balaban J connectivity index is 1.86. The van der Waals surface area contributed by atoms with Gasteiger partial charge in [-0.05, 0) is 48.5 Å². The third-order valence-electron chi connectivity index (χ3n) is 3.94. The summed E-state index contributed by atoms with van der Waals surface area (Å²) in [5, 5.41) is 6.22. The number of thiazole rings is 1. The molecule has 144 valence electrons. The summed E-state index contributed by atoms with van der Waals surface area (Å²) in [6.45, 7) is 0. The number of hydrogen-bond donors (Lipinski definition) is 0. The van der Waals surface area contributed by atoms with Gasteiger partial charge in [-0.3, -0.25) is 4.98 Å². The van der Waals surface area contributed by atoms with Gasteiger partial charge in [0.25, 0.3) is 0 Å². The van der Waals surface area contributed by atoms with Crippen molar-refractivity contribution < 1.29 is 13.2 Å². The molecule has 0 spiro atoms. The Morgan fingerprint density at radius 1 is 0.931 bits per heavy atom. The largest absolute Gasteiger partial charge is 0.255 e. The third kappa shape index (κ3) is 4.33. The maximum Gasteiger partial charge on any atom is 0.211 e. The molecule has 4 rings (SSSR count). The van der Waals surface area contributed by atoms with Crippen molar-refractivity contribution in [2.24, 2.45) is 10.1 Å². The summed E-state index contributed by atoms with van der Waals surface area (Å²) in [6, 6.07) is 14.5. The predicted octanol–water partition coefficient (Wildman–Crippen LogP) is 5.14. The lowest BCUT2D eigenvalue weighted by molar-refractivity contribution is 0.584. The van der Waals surface area contributed by atoms with E-state index in [9.17, 15) is 13.2 Å². The topological polar surface area (TPSA) is 42.5 Å². The van der Waals surface area contributed by atoms with E-state index in [1.165, 1.54) is 34.2 Å². The molecule has 0 unspecified atom stereocenters. The third-order valence-corrected chi connectivity index (χ3v) is 4.76. The highest BCUT2D eigenvalue weighted by Crippen LogP contribution is 2.22. The van der Waals surface area contributed by atoms with E-state index in [0.29, 0.717) is 21.8 Å². The van der Waals surface area contributed by atoms with Crippen LogP contribution < -0.4 is 4.80 Å². The normalized spacial score (nSPS) is 12.0. The highest BCUT2D eigenvalue weighted by molar-refractivity contribution is 7.07. The van der Waals surface area contributed by atoms with Gasteiger partial charge in [-0.1, -0.05) is 6.07 Å². The first-order chi connectivity index (χ1) is 14.1. The molecule has 2 heterocycles. The minimum Gasteiger partial charge on any atom is -0.255 e. The van der Waals surface area contributed by atoms with Crippen LogP contribution in [0.1, 0.15) is 5.69 Å². The molecule has 0 atom stereocenters. The van der Waals surface area contributed by atoms with Gasteiger partial charge >= 0.3 is 0 Å². The zero-order valence-corrected chi connectivity index (χ0v) is 15.7. The minimum absolute atomic E-state index is 0.0132. The number of benzene rings is 2. The number of nitrogens with zero attached hydrogens (tertiary/aromatic N) is 4. The lowest BCUT2D eigenvalue weighted by Crippen LogP contribution is -2.12. The van der Waals surface area contributed by atoms with Gasteiger partial charge in [0.1, 0.15) is 17.3 Å². The Bertz CT molecular complexity index is 1230. The standard InChI is InChI=1S/C21H13F3N4S/c22-15-6-4-14(5-7-15)20-13-29-21(27-19-9-8-16(23)11-18(19)24)28(20)26-12-17-3-1-2-10-25-17/h1-13H/b26-12-,27-21?. The van der Waals surface area contributed by atoms with Crippen LogP contribution in [0.5, 0.6) is 0 Å². The highest BCUT2D eigenvalue weighted by Gasteiger charge is 2.09. The van der Waals surface area contributed by atoms with Gasteiger partial charge in [-0.25, -0.2) is 22.8 Å². The molecule has 8 heteroatoms. The van der Waals surface area contributed by atoms with Crippen molar-refractivity contribution in [1.82, 2.24) is 9.66 Å². The quantitative estimate of drug-likeness (QED) is 0.430. The molecule has 4 aromatic rings. The van der Waals surface area contributed by atoms with Crippen LogP contribution in [0.25, 0.3) is 11.3 Å². The summed E-state index contributed by atoms with van der Waals surface area (Å²) in [5.74, 6) is -1.81. The molecule has 2 aromatic heterocycles. The van der Waals surface area contributed by atoms with Crippen molar-refractivity contribution in [1.29, 1.82) is 0 Å². The molecule has 0 aliphatic rings. The summed E-state index contributed by atoms with van der Waals surface area (Å²) in [7, 11) is 0. The fourth-order valence-electron chi connectivity index (χ4n) is 2.55. The van der Waals surface area contributed by atoms with E-state index >= 15 is 0 Å². The summed E-state index contributed by atoms with van der Waals surface area (Å²) in [4.78, 5) is 8.84. The van der Waals surface area contributed by atoms with Gasteiger partial charge in [-0.15, -0.1) is 11.3 Å². The zero-order chi connectivity index (χ0) is 20.2. The predicted molar refractivity (Wildman–Crippen MR) is 107 cm³/mol. The lowest BCUT2D eigenvalue weighted by atomic mass is 10.2. The van der Waals surface area contributed by atoms with Gasteiger partial charge in [-0.2, -0.15) is 5.10 Å². The summed E-state index contributed by atoms with van der Waals surface area (Å²) < 4.78 is 42.1. The number of pyridine rings is 1. The van der Waals surface area contributed by atoms with Crippen molar-refractivity contribution in [2.75, 3.05) is 0 Å². The van der Waals surface area contributed by atoms with Crippen LogP contribution in [-0.4, -0.2) is 15.9 Å². The van der Waals surface area contributed by atoms with E-state index in [4.69, 9.17) is 0 Å². The first-order valence-corrected chi connectivity index (χ1v) is 9.40. The SMILES string of the molecule is Fc1ccc(-c2csc(=Nc3ccc(F)cc3F)n2/N=C\c2ccccn2)cc1. The Hall–Kier alpha value is -3.52. The summed E-state index contributed by atoms with van der Waals surface area (Å²) >= 11 is 1.23. The van der Waals surface area contributed by atoms with Crippen molar-refractivity contribution in [2.45, 2.75) is 0 Å². The van der Waals surface area contributed by atoms with Crippen LogP contribution in [-0.2, 0) is 0 Å². The average Bonchev–Trinajstić information content (AvgIpc) is 3.12. The van der Waals surface area contributed by atoms with Crippen LogP contribution >= 0.6 is 11.3 Å². The Kier molecular flexibility index (Phi) is 5.35. The van der Waals surface area contributed by atoms with E-state index < -0.39 is 11.6 Å². The van der Waals surface area contributed by atoms with Crippen molar-refractivity contribution in [3.05, 3.63) is 100 Å². The second-order valence-electron chi connectivity index (χ2n) is 5.93. The summed E-state index contributed by atoms with van der Waals surface area (Å²) in [5.41, 5.74) is 1.96. The van der Waals surface area contributed by atoms with Crippen LogP contribution in [0.3, 0.4) is 0 Å². The van der Waals surface area contributed by atoms with Gasteiger partial charge in [0, 0.05) is 23.2 Å². The molecule has 29 heavy (non-hydrogen) atoms. The Morgan fingerprint density at radius 2 is 1.72 bits per heavy atom. The van der Waals surface area contributed by atoms with E-state index in [-0.39, 0.29) is 11.5 Å². The van der Waals surface area contributed by atoms with Crippen LogP contribution in [0.4, 0.5) is 18.9 Å². The van der Waals surface area contributed by atoms with Gasteiger partial charge in [0.2, 0.25) is 4.80 Å². The lowest BCUT2D eigenvalue weighted by Gasteiger charge is -2.04. The molecule has 0 aliphatic heterocycles. The van der Waals surface area contributed by atoms with Gasteiger partial charge in [0.15, 0.2) is 5.82 Å². The number of hydrogen-bond acceptors (Lipinski definition) is 4. The number of rotatable bonds is 4. The van der Waals surface area contributed by atoms with Crippen molar-refractivity contribution >= 4 is 23.2 Å². The van der Waals surface area contributed by atoms with Crippen LogP contribution in [0.15, 0.2) is 82.3 Å². The first-order valence-electron chi connectivity index (χ1n) is 8.52. The van der Waals surface area contributed by atoms with E-state index in [1.807, 2.05) is 6.07 Å². The minimum atomic E-state index is -0.776. The zero-order valence-electron chi connectivity index (χ0n) is 14.8. The number of halogens is 3. The van der Waals surface area contributed by atoms with Crippen molar-refractivity contribution in [3.63, 3.8) is 0 Å². The van der Waals surface area contributed by atoms with E-state index in [1.54, 1.807) is 42.1 Å². The monoisotopic (exact) mass is 410 g/mol. The van der Waals surface area contributed by atoms with Crippen molar-refractivity contribution in [3.8, 4) is 11.3 Å². The molecule has 0 amide bonds. The molecule has 0 aliphatic carbocycles.